The van der Waals surface area contributed by atoms with Gasteiger partial charge in [0.25, 0.3) is 0 Å². The van der Waals surface area contributed by atoms with Gasteiger partial charge in [-0.1, -0.05) is 6.92 Å². The monoisotopic (exact) mass is 193 g/mol. The molecule has 0 radical (unpaired) electrons. The molecule has 1 fully saturated rings. The molecule has 0 aliphatic carbocycles. The Morgan fingerprint density at radius 3 is 3.14 bits per heavy atom. The Morgan fingerprint density at radius 1 is 1.64 bits per heavy atom. The Balaban J connectivity index is 2.06. The van der Waals surface area contributed by atoms with E-state index >= 15 is 0 Å². The highest BCUT2D eigenvalue weighted by molar-refractivity contribution is 5.05. The van der Waals surface area contributed by atoms with Crippen LogP contribution in [-0.4, -0.2) is 16.1 Å². The van der Waals surface area contributed by atoms with E-state index in [0.717, 1.165) is 19.0 Å². The highest BCUT2D eigenvalue weighted by Gasteiger charge is 2.21. The van der Waals surface area contributed by atoms with Gasteiger partial charge >= 0.3 is 0 Å². The van der Waals surface area contributed by atoms with Gasteiger partial charge in [0, 0.05) is 12.7 Å². The first kappa shape index (κ1) is 9.71. The van der Waals surface area contributed by atoms with E-state index in [1.165, 1.54) is 18.5 Å². The largest absolute Gasteiger partial charge is 0.337 e. The topological polar surface area (TPSA) is 29.9 Å². The van der Waals surface area contributed by atoms with Crippen molar-refractivity contribution in [2.45, 2.75) is 39.3 Å². The van der Waals surface area contributed by atoms with Crippen molar-refractivity contribution in [3.63, 3.8) is 0 Å². The molecule has 1 aliphatic rings. The molecular weight excluding hydrogens is 174 g/mol. The number of hydrogen-bond acceptors (Lipinski definition) is 2. The van der Waals surface area contributed by atoms with E-state index < -0.39 is 0 Å². The Labute approximate surface area is 85.5 Å². The second-order valence-corrected chi connectivity index (χ2v) is 4.27. The third kappa shape index (κ3) is 1.98. The first-order valence-corrected chi connectivity index (χ1v) is 5.54. The van der Waals surface area contributed by atoms with Crippen molar-refractivity contribution in [1.29, 1.82) is 0 Å². The molecule has 1 aromatic heterocycles. The number of nitrogens with one attached hydrogen (secondary N) is 1. The average Bonchev–Trinajstić information content (AvgIpc) is 2.66. The van der Waals surface area contributed by atoms with Crippen LogP contribution >= 0.6 is 0 Å². The van der Waals surface area contributed by atoms with E-state index in [1.54, 1.807) is 0 Å². The Morgan fingerprint density at radius 2 is 2.50 bits per heavy atom. The summed E-state index contributed by atoms with van der Waals surface area (Å²) in [5, 5.41) is 3.53. The number of piperidine rings is 1. The lowest BCUT2D eigenvalue weighted by Crippen LogP contribution is -2.30. The summed E-state index contributed by atoms with van der Waals surface area (Å²) in [7, 11) is 0. The van der Waals surface area contributed by atoms with Gasteiger partial charge in [-0.05, 0) is 32.2 Å². The second-order valence-electron chi connectivity index (χ2n) is 4.27. The van der Waals surface area contributed by atoms with Gasteiger partial charge in [0.2, 0.25) is 0 Å². The van der Waals surface area contributed by atoms with Crippen molar-refractivity contribution < 1.29 is 0 Å². The van der Waals surface area contributed by atoms with Crippen LogP contribution in [0.1, 0.15) is 38.4 Å². The van der Waals surface area contributed by atoms with Crippen molar-refractivity contribution in [3.8, 4) is 0 Å². The van der Waals surface area contributed by atoms with E-state index in [1.807, 2.05) is 6.33 Å². The average molecular weight is 193 g/mol. The Bertz CT molecular complexity index is 292. The minimum absolute atomic E-state index is 0.478. The van der Waals surface area contributed by atoms with Gasteiger partial charge in [-0.15, -0.1) is 0 Å². The van der Waals surface area contributed by atoms with Gasteiger partial charge in [-0.3, -0.25) is 0 Å². The van der Waals surface area contributed by atoms with Gasteiger partial charge in [0.05, 0.1) is 18.1 Å². The number of aromatic nitrogens is 2. The molecule has 0 amide bonds. The molecule has 1 aromatic rings. The third-order valence-electron chi connectivity index (χ3n) is 3.04. The summed E-state index contributed by atoms with van der Waals surface area (Å²) in [5.74, 6) is 0.827. The zero-order chi connectivity index (χ0) is 9.97. The van der Waals surface area contributed by atoms with Crippen LogP contribution in [0.4, 0.5) is 0 Å². The molecular formula is C11H19N3. The van der Waals surface area contributed by atoms with Crippen LogP contribution in [0.25, 0.3) is 0 Å². The van der Waals surface area contributed by atoms with Crippen molar-refractivity contribution in [1.82, 2.24) is 14.9 Å². The van der Waals surface area contributed by atoms with E-state index in [2.05, 4.69) is 34.9 Å². The zero-order valence-corrected chi connectivity index (χ0v) is 9.03. The van der Waals surface area contributed by atoms with E-state index in [0.29, 0.717) is 6.04 Å². The summed E-state index contributed by atoms with van der Waals surface area (Å²) in [6, 6.07) is 0.478. The maximum absolute atomic E-state index is 4.45. The maximum atomic E-state index is 4.45. The van der Waals surface area contributed by atoms with Gasteiger partial charge < -0.3 is 9.88 Å². The molecule has 0 aromatic carbocycles. The number of hydrogen-bond donors (Lipinski definition) is 1. The van der Waals surface area contributed by atoms with Crippen LogP contribution in [0.5, 0.6) is 0 Å². The molecule has 3 nitrogen and oxygen atoms in total. The third-order valence-corrected chi connectivity index (χ3v) is 3.04. The lowest BCUT2D eigenvalue weighted by molar-refractivity contribution is 0.321. The van der Waals surface area contributed by atoms with Crippen LogP contribution in [-0.2, 0) is 6.54 Å². The predicted octanol–water partition coefficient (Wildman–Crippen LogP) is 1.96. The fourth-order valence-corrected chi connectivity index (χ4v) is 2.06. The van der Waals surface area contributed by atoms with Gasteiger partial charge in [-0.25, -0.2) is 4.98 Å². The summed E-state index contributed by atoms with van der Waals surface area (Å²) < 4.78 is 2.14. The van der Waals surface area contributed by atoms with Crippen LogP contribution in [0, 0.1) is 5.92 Å². The van der Waals surface area contributed by atoms with Gasteiger partial charge in [0.15, 0.2) is 0 Å². The maximum Gasteiger partial charge on any atom is 0.0950 e. The number of rotatable bonds is 2. The summed E-state index contributed by atoms with van der Waals surface area (Å²) in [5.41, 5.74) is 1.21. The smallest absolute Gasteiger partial charge is 0.0950 e. The minimum Gasteiger partial charge on any atom is -0.337 e. The second kappa shape index (κ2) is 4.13. The van der Waals surface area contributed by atoms with Crippen molar-refractivity contribution in [2.24, 2.45) is 5.92 Å². The molecule has 2 heterocycles. The molecule has 0 spiro atoms. The molecule has 0 saturated carbocycles. The summed E-state index contributed by atoms with van der Waals surface area (Å²) in [4.78, 5) is 4.45. The fourth-order valence-electron chi connectivity index (χ4n) is 2.06. The van der Waals surface area contributed by atoms with Crippen LogP contribution in [0.2, 0.25) is 0 Å². The van der Waals surface area contributed by atoms with Crippen molar-refractivity contribution in [2.75, 3.05) is 6.54 Å². The fraction of sp³-hybridized carbons (Fsp3) is 0.727. The zero-order valence-electron chi connectivity index (χ0n) is 9.03. The normalized spacial score (nSPS) is 27.9. The molecule has 78 valence electrons. The van der Waals surface area contributed by atoms with Crippen LogP contribution in [0.3, 0.4) is 0 Å². The number of nitrogens with zero attached hydrogens (tertiary/aromatic N) is 2. The quantitative estimate of drug-likeness (QED) is 0.778. The standard InChI is InChI=1S/C11H19N3/c1-3-14-7-11(13-8-14)10-6-9(2)4-5-12-10/h7-10,12H,3-6H2,1-2H3. The van der Waals surface area contributed by atoms with Crippen LogP contribution in [0.15, 0.2) is 12.5 Å². The first-order chi connectivity index (χ1) is 6.79. The first-order valence-electron chi connectivity index (χ1n) is 5.54. The molecule has 2 unspecified atom stereocenters. The van der Waals surface area contributed by atoms with E-state index in [4.69, 9.17) is 0 Å². The number of aryl methyl sites for hydroxylation is 1. The molecule has 3 heteroatoms. The Kier molecular flexibility index (Phi) is 2.87. The van der Waals surface area contributed by atoms with Crippen LogP contribution < -0.4 is 5.32 Å². The number of imidazole rings is 1. The van der Waals surface area contributed by atoms with Crippen molar-refractivity contribution in [3.05, 3.63) is 18.2 Å². The van der Waals surface area contributed by atoms with E-state index in [9.17, 15) is 0 Å². The molecule has 1 aliphatic heterocycles. The summed E-state index contributed by atoms with van der Waals surface area (Å²) in [6.07, 6.45) is 6.61. The SMILES string of the molecule is CCn1cnc(C2CC(C)CCN2)c1. The lowest BCUT2D eigenvalue weighted by atomic mass is 9.93. The summed E-state index contributed by atoms with van der Waals surface area (Å²) >= 11 is 0. The predicted molar refractivity (Wildman–Crippen MR) is 57.0 cm³/mol. The molecule has 2 atom stereocenters. The van der Waals surface area contributed by atoms with Crippen molar-refractivity contribution >= 4 is 0 Å². The van der Waals surface area contributed by atoms with E-state index in [-0.39, 0.29) is 0 Å². The highest BCUT2D eigenvalue weighted by Crippen LogP contribution is 2.25. The molecule has 1 saturated heterocycles. The molecule has 14 heavy (non-hydrogen) atoms. The lowest BCUT2D eigenvalue weighted by Gasteiger charge is -2.26. The molecule has 0 bridgehead atoms. The minimum atomic E-state index is 0.478. The van der Waals surface area contributed by atoms with Gasteiger partial charge in [-0.2, -0.15) is 0 Å². The molecule has 1 N–H and O–H groups in total. The molecule has 2 rings (SSSR count). The Hall–Kier alpha value is -0.830. The summed E-state index contributed by atoms with van der Waals surface area (Å²) in [6.45, 7) is 6.60. The highest BCUT2D eigenvalue weighted by atomic mass is 15.1. The van der Waals surface area contributed by atoms with Gasteiger partial charge in [0.1, 0.15) is 0 Å².